The van der Waals surface area contributed by atoms with Gasteiger partial charge in [0.1, 0.15) is 17.9 Å². The van der Waals surface area contributed by atoms with E-state index in [0.717, 1.165) is 49.0 Å². The molecule has 0 spiro atoms. The van der Waals surface area contributed by atoms with Gasteiger partial charge in [-0.15, -0.1) is 0 Å². The largest absolute Gasteiger partial charge is 0.492 e. The minimum atomic E-state index is -0.533. The van der Waals surface area contributed by atoms with Gasteiger partial charge in [-0.2, -0.15) is 0 Å². The first-order valence-electron chi connectivity index (χ1n) is 11.8. The van der Waals surface area contributed by atoms with E-state index in [9.17, 15) is 9.59 Å². The van der Waals surface area contributed by atoms with Gasteiger partial charge in [-0.25, -0.2) is 4.79 Å². The number of amides is 1. The first-order valence-corrected chi connectivity index (χ1v) is 11.8. The molecule has 0 aliphatic heterocycles. The molecule has 0 unspecified atom stereocenters. The molecule has 6 heteroatoms. The van der Waals surface area contributed by atoms with E-state index in [1.807, 2.05) is 57.3 Å². The molecule has 2 aromatic rings. The summed E-state index contributed by atoms with van der Waals surface area (Å²) in [6.07, 6.45) is 4.92. The third kappa shape index (κ3) is 6.14. The molecule has 1 fully saturated rings. The summed E-state index contributed by atoms with van der Waals surface area (Å²) in [5.41, 5.74) is 2.08. The Hall–Kier alpha value is -2.86. The Morgan fingerprint density at radius 1 is 1.09 bits per heavy atom. The maximum Gasteiger partial charge on any atom is 0.337 e. The highest BCUT2D eigenvalue weighted by molar-refractivity contribution is 5.89. The average molecular weight is 453 g/mol. The molecule has 1 aliphatic carbocycles. The van der Waals surface area contributed by atoms with E-state index in [1.165, 1.54) is 7.11 Å². The summed E-state index contributed by atoms with van der Waals surface area (Å²) >= 11 is 0. The van der Waals surface area contributed by atoms with Gasteiger partial charge < -0.3 is 14.8 Å². The van der Waals surface area contributed by atoms with Crippen LogP contribution in [0.1, 0.15) is 66.6 Å². The Kier molecular flexibility index (Phi) is 8.50. The van der Waals surface area contributed by atoms with Crippen LogP contribution in [0.15, 0.2) is 48.5 Å². The topological polar surface area (TPSA) is 67.9 Å². The van der Waals surface area contributed by atoms with E-state index in [2.05, 4.69) is 10.2 Å². The molecular weight excluding hydrogens is 416 g/mol. The zero-order valence-corrected chi connectivity index (χ0v) is 20.2. The number of aryl methyl sites for hydroxylation is 1. The van der Waals surface area contributed by atoms with Crippen LogP contribution in [0.2, 0.25) is 0 Å². The van der Waals surface area contributed by atoms with Gasteiger partial charge in [-0.05, 0) is 69.1 Å². The van der Waals surface area contributed by atoms with Gasteiger partial charge >= 0.3 is 5.97 Å². The van der Waals surface area contributed by atoms with Gasteiger partial charge in [0.05, 0.1) is 18.7 Å². The molecule has 1 aliphatic rings. The molecular formula is C27H36N2O4. The predicted octanol–water partition coefficient (Wildman–Crippen LogP) is 4.67. The van der Waals surface area contributed by atoms with E-state index >= 15 is 0 Å². The molecule has 2 aromatic carbocycles. The van der Waals surface area contributed by atoms with Crippen LogP contribution in [0.3, 0.4) is 0 Å². The Bertz CT molecular complexity index is 935. The van der Waals surface area contributed by atoms with Crippen molar-refractivity contribution in [3.63, 3.8) is 0 Å². The lowest BCUT2D eigenvalue weighted by molar-refractivity contribution is -0.136. The number of benzene rings is 2. The van der Waals surface area contributed by atoms with Crippen molar-refractivity contribution in [3.05, 3.63) is 65.2 Å². The van der Waals surface area contributed by atoms with Crippen molar-refractivity contribution in [3.8, 4) is 5.75 Å². The summed E-state index contributed by atoms with van der Waals surface area (Å²) < 4.78 is 10.7. The lowest BCUT2D eigenvalue weighted by Crippen LogP contribution is -2.59. The quantitative estimate of drug-likeness (QED) is 0.560. The van der Waals surface area contributed by atoms with Gasteiger partial charge in [-0.3, -0.25) is 9.69 Å². The number of carbonyl (C=O) groups excluding carboxylic acids is 2. The Balaban J connectivity index is 1.64. The third-order valence-corrected chi connectivity index (χ3v) is 6.70. The minimum absolute atomic E-state index is 0.0600. The second kappa shape index (κ2) is 11.3. The second-order valence-electron chi connectivity index (χ2n) is 8.99. The summed E-state index contributed by atoms with van der Waals surface area (Å²) in [6.45, 7) is 5.22. The van der Waals surface area contributed by atoms with Crippen molar-refractivity contribution in [1.29, 1.82) is 0 Å². The highest BCUT2D eigenvalue weighted by Gasteiger charge is 2.43. The van der Waals surface area contributed by atoms with Gasteiger partial charge in [0, 0.05) is 6.54 Å². The van der Waals surface area contributed by atoms with Crippen LogP contribution in [-0.2, 0) is 9.53 Å². The van der Waals surface area contributed by atoms with E-state index in [4.69, 9.17) is 9.47 Å². The molecule has 0 bridgehead atoms. The lowest BCUT2D eigenvalue weighted by atomic mass is 9.79. The van der Waals surface area contributed by atoms with Crippen LogP contribution in [0, 0.1) is 6.92 Å². The first-order chi connectivity index (χ1) is 15.9. The molecule has 1 N–H and O–H groups in total. The van der Waals surface area contributed by atoms with E-state index < -0.39 is 5.54 Å². The maximum absolute atomic E-state index is 13.6. The number of nitrogens with one attached hydrogen (secondary N) is 1. The summed E-state index contributed by atoms with van der Waals surface area (Å²) in [7, 11) is 3.39. The van der Waals surface area contributed by atoms with Crippen LogP contribution >= 0.6 is 0 Å². The fourth-order valence-corrected chi connectivity index (χ4v) is 4.58. The SMILES string of the molecule is COC(=O)c1ccc([C@H](C)NC(=O)C2(N(C)CCOc3cccc(C)c3)CCCCC2)cc1. The lowest BCUT2D eigenvalue weighted by Gasteiger charge is -2.43. The zero-order chi connectivity index (χ0) is 23.8. The second-order valence-corrected chi connectivity index (χ2v) is 8.99. The number of hydrogen-bond acceptors (Lipinski definition) is 5. The van der Waals surface area contributed by atoms with Crippen LogP contribution < -0.4 is 10.1 Å². The summed E-state index contributed by atoms with van der Waals surface area (Å²) in [5, 5.41) is 3.23. The van der Waals surface area contributed by atoms with Crippen LogP contribution in [-0.4, -0.2) is 49.6 Å². The minimum Gasteiger partial charge on any atom is -0.492 e. The monoisotopic (exact) mass is 452 g/mol. The number of rotatable bonds is 9. The van der Waals surface area contributed by atoms with Gasteiger partial charge in [0.15, 0.2) is 0 Å². The van der Waals surface area contributed by atoms with E-state index in [-0.39, 0.29) is 17.9 Å². The molecule has 1 amide bonds. The van der Waals surface area contributed by atoms with Gasteiger partial charge in [-0.1, -0.05) is 43.5 Å². The molecule has 3 rings (SSSR count). The summed E-state index contributed by atoms with van der Waals surface area (Å²) in [6, 6.07) is 15.0. The van der Waals surface area contributed by atoms with Crippen LogP contribution in [0.5, 0.6) is 5.75 Å². The fraction of sp³-hybridized carbons (Fsp3) is 0.481. The number of hydrogen-bond donors (Lipinski definition) is 1. The zero-order valence-electron chi connectivity index (χ0n) is 20.2. The average Bonchev–Trinajstić information content (AvgIpc) is 2.84. The normalized spacial score (nSPS) is 16.2. The molecule has 0 heterocycles. The highest BCUT2D eigenvalue weighted by atomic mass is 16.5. The Morgan fingerprint density at radius 2 is 1.79 bits per heavy atom. The number of ether oxygens (including phenoxy) is 2. The number of methoxy groups -OCH3 is 1. The van der Waals surface area contributed by atoms with Crippen LogP contribution in [0.4, 0.5) is 0 Å². The molecule has 178 valence electrons. The van der Waals surface area contributed by atoms with Crippen molar-refractivity contribution in [2.24, 2.45) is 0 Å². The van der Waals surface area contributed by atoms with Crippen molar-refractivity contribution < 1.29 is 19.1 Å². The van der Waals surface area contributed by atoms with Gasteiger partial charge in [0.25, 0.3) is 0 Å². The Morgan fingerprint density at radius 3 is 2.42 bits per heavy atom. The summed E-state index contributed by atoms with van der Waals surface area (Å²) in [4.78, 5) is 27.4. The molecule has 6 nitrogen and oxygen atoms in total. The number of esters is 1. The van der Waals surface area contributed by atoms with Crippen molar-refractivity contribution in [2.45, 2.75) is 57.5 Å². The highest BCUT2D eigenvalue weighted by Crippen LogP contribution is 2.34. The molecule has 1 atom stereocenters. The number of likely N-dealkylation sites (N-methyl/N-ethyl adjacent to an activating group) is 1. The smallest absolute Gasteiger partial charge is 0.337 e. The standard InChI is InChI=1S/C27H36N2O4/c1-20-9-8-10-24(19-20)33-18-17-29(3)27(15-6-5-7-16-27)26(31)28-21(2)22-11-13-23(14-12-22)25(30)32-4/h8-14,19,21H,5-7,15-18H2,1-4H3,(H,28,31)/t21-/m0/s1. The van der Waals surface area contributed by atoms with Crippen molar-refractivity contribution in [2.75, 3.05) is 27.3 Å². The van der Waals surface area contributed by atoms with E-state index in [0.29, 0.717) is 18.7 Å². The maximum atomic E-state index is 13.6. The van der Waals surface area contributed by atoms with Crippen molar-refractivity contribution >= 4 is 11.9 Å². The van der Waals surface area contributed by atoms with Crippen LogP contribution in [0.25, 0.3) is 0 Å². The molecule has 0 saturated heterocycles. The predicted molar refractivity (Wildman–Crippen MR) is 129 cm³/mol. The first kappa shape index (κ1) is 24.8. The molecule has 33 heavy (non-hydrogen) atoms. The van der Waals surface area contributed by atoms with E-state index in [1.54, 1.807) is 12.1 Å². The van der Waals surface area contributed by atoms with Crippen molar-refractivity contribution in [1.82, 2.24) is 10.2 Å². The Labute approximate surface area is 197 Å². The molecule has 1 saturated carbocycles. The molecule has 0 aromatic heterocycles. The summed E-state index contributed by atoms with van der Waals surface area (Å²) in [5.74, 6) is 0.549. The fourth-order valence-electron chi connectivity index (χ4n) is 4.58. The number of carbonyl (C=O) groups is 2. The third-order valence-electron chi connectivity index (χ3n) is 6.70. The van der Waals surface area contributed by atoms with Gasteiger partial charge in [0.2, 0.25) is 5.91 Å². The molecule has 0 radical (unpaired) electrons. The number of nitrogens with zero attached hydrogens (tertiary/aromatic N) is 1.